The van der Waals surface area contributed by atoms with E-state index in [-0.39, 0.29) is 10.3 Å². The molecule has 0 saturated heterocycles. The summed E-state index contributed by atoms with van der Waals surface area (Å²) in [6.07, 6.45) is 3.38. The molecule has 0 unspecified atom stereocenters. The van der Waals surface area contributed by atoms with Gasteiger partial charge in [0.15, 0.2) is 0 Å². The van der Waals surface area contributed by atoms with Crippen LogP contribution in [0, 0.1) is 5.41 Å². The van der Waals surface area contributed by atoms with E-state index < -0.39 is 10.0 Å². The fourth-order valence-corrected chi connectivity index (χ4v) is 4.94. The molecule has 1 saturated carbocycles. The Morgan fingerprint density at radius 2 is 2.00 bits per heavy atom. The standard InChI is InChI=1S/C12H15Br2NO2S/c1-12(5-2-6-12)8-15-18(16,17)11-4-3-9(13)7-10(11)14/h3-4,7,15H,2,5-6,8H2,1H3. The Labute approximate surface area is 125 Å². The molecule has 1 aliphatic rings. The fourth-order valence-electron chi connectivity index (χ4n) is 2.00. The van der Waals surface area contributed by atoms with Crippen molar-refractivity contribution in [2.45, 2.75) is 31.1 Å². The molecule has 1 N–H and O–H groups in total. The molecule has 0 heterocycles. The predicted octanol–water partition coefficient (Wildman–Crippen LogP) is 3.68. The van der Waals surface area contributed by atoms with Crippen molar-refractivity contribution >= 4 is 41.9 Å². The van der Waals surface area contributed by atoms with Gasteiger partial charge in [0.2, 0.25) is 10.0 Å². The fraction of sp³-hybridized carbons (Fsp3) is 0.500. The second-order valence-electron chi connectivity index (χ2n) is 5.06. The summed E-state index contributed by atoms with van der Waals surface area (Å²) in [5.74, 6) is 0. The first-order chi connectivity index (χ1) is 8.32. The third kappa shape index (κ3) is 3.15. The van der Waals surface area contributed by atoms with Gasteiger partial charge in [-0.2, -0.15) is 0 Å². The third-order valence-corrected chi connectivity index (χ3v) is 6.30. The molecule has 0 bridgehead atoms. The zero-order valence-electron chi connectivity index (χ0n) is 10.0. The molecule has 0 atom stereocenters. The van der Waals surface area contributed by atoms with Crippen LogP contribution in [-0.2, 0) is 10.0 Å². The summed E-state index contributed by atoms with van der Waals surface area (Å²) in [4.78, 5) is 0.286. The van der Waals surface area contributed by atoms with Crippen LogP contribution in [0.3, 0.4) is 0 Å². The smallest absolute Gasteiger partial charge is 0.211 e. The summed E-state index contributed by atoms with van der Waals surface area (Å²) in [7, 11) is -3.43. The monoisotopic (exact) mass is 395 g/mol. The summed E-state index contributed by atoms with van der Waals surface area (Å²) >= 11 is 6.59. The molecule has 1 fully saturated rings. The van der Waals surface area contributed by atoms with Crippen molar-refractivity contribution in [1.82, 2.24) is 4.72 Å². The van der Waals surface area contributed by atoms with Crippen molar-refractivity contribution in [2.24, 2.45) is 5.41 Å². The van der Waals surface area contributed by atoms with Crippen molar-refractivity contribution < 1.29 is 8.42 Å². The molecule has 0 aliphatic heterocycles. The second-order valence-corrected chi connectivity index (χ2v) is 8.57. The molecule has 18 heavy (non-hydrogen) atoms. The highest BCUT2D eigenvalue weighted by atomic mass is 79.9. The number of benzene rings is 1. The van der Waals surface area contributed by atoms with Gasteiger partial charge in [-0.25, -0.2) is 13.1 Å². The van der Waals surface area contributed by atoms with Gasteiger partial charge in [-0.15, -0.1) is 0 Å². The highest BCUT2D eigenvalue weighted by molar-refractivity contribution is 9.11. The molecule has 1 aromatic rings. The van der Waals surface area contributed by atoms with Gasteiger partial charge in [-0.05, 0) is 52.4 Å². The van der Waals surface area contributed by atoms with E-state index in [4.69, 9.17) is 0 Å². The van der Waals surface area contributed by atoms with E-state index in [2.05, 4.69) is 43.5 Å². The first-order valence-corrected chi connectivity index (χ1v) is 8.84. The molecule has 2 rings (SSSR count). The van der Waals surface area contributed by atoms with E-state index >= 15 is 0 Å². The van der Waals surface area contributed by atoms with Gasteiger partial charge in [0.1, 0.15) is 0 Å². The van der Waals surface area contributed by atoms with Crippen molar-refractivity contribution in [2.75, 3.05) is 6.54 Å². The van der Waals surface area contributed by atoms with Crippen LogP contribution in [0.1, 0.15) is 26.2 Å². The quantitative estimate of drug-likeness (QED) is 0.843. The number of nitrogens with one attached hydrogen (secondary N) is 1. The Morgan fingerprint density at radius 3 is 2.50 bits per heavy atom. The first-order valence-electron chi connectivity index (χ1n) is 5.77. The minimum absolute atomic E-state index is 0.134. The average molecular weight is 397 g/mol. The maximum absolute atomic E-state index is 12.2. The lowest BCUT2D eigenvalue weighted by molar-refractivity contribution is 0.166. The van der Waals surface area contributed by atoms with Gasteiger partial charge in [-0.1, -0.05) is 29.3 Å². The van der Waals surface area contributed by atoms with Crippen LogP contribution in [0.15, 0.2) is 32.0 Å². The van der Waals surface area contributed by atoms with E-state index in [1.807, 2.05) is 0 Å². The Morgan fingerprint density at radius 1 is 1.33 bits per heavy atom. The number of hydrogen-bond donors (Lipinski definition) is 1. The Bertz CT molecular complexity index is 553. The SMILES string of the molecule is CC1(CNS(=O)(=O)c2ccc(Br)cc2Br)CCC1. The largest absolute Gasteiger partial charge is 0.241 e. The van der Waals surface area contributed by atoms with Crippen LogP contribution in [0.5, 0.6) is 0 Å². The topological polar surface area (TPSA) is 46.2 Å². The third-order valence-electron chi connectivity index (χ3n) is 3.43. The van der Waals surface area contributed by atoms with E-state index in [1.54, 1.807) is 18.2 Å². The number of halogens is 2. The lowest BCUT2D eigenvalue weighted by Gasteiger charge is -2.38. The molecule has 0 radical (unpaired) electrons. The molecule has 0 aromatic heterocycles. The van der Waals surface area contributed by atoms with Gasteiger partial charge >= 0.3 is 0 Å². The highest BCUT2D eigenvalue weighted by Crippen LogP contribution is 2.39. The molecule has 3 nitrogen and oxygen atoms in total. The zero-order valence-corrected chi connectivity index (χ0v) is 14.0. The molecule has 6 heteroatoms. The van der Waals surface area contributed by atoms with E-state index in [9.17, 15) is 8.42 Å². The van der Waals surface area contributed by atoms with E-state index in [1.165, 1.54) is 6.42 Å². The number of hydrogen-bond acceptors (Lipinski definition) is 2. The van der Waals surface area contributed by atoms with Gasteiger partial charge < -0.3 is 0 Å². The van der Waals surface area contributed by atoms with Crippen LogP contribution in [0.4, 0.5) is 0 Å². The van der Waals surface area contributed by atoms with Crippen LogP contribution in [0.2, 0.25) is 0 Å². The molecule has 1 aromatic carbocycles. The van der Waals surface area contributed by atoms with Crippen molar-refractivity contribution in [3.05, 3.63) is 27.1 Å². The molecule has 100 valence electrons. The minimum Gasteiger partial charge on any atom is -0.211 e. The number of sulfonamides is 1. The van der Waals surface area contributed by atoms with Crippen molar-refractivity contribution in [3.8, 4) is 0 Å². The summed E-state index contributed by atoms with van der Waals surface area (Å²) in [6.45, 7) is 2.63. The maximum Gasteiger partial charge on any atom is 0.241 e. The molecular formula is C12H15Br2NO2S. The Balaban J connectivity index is 2.15. The van der Waals surface area contributed by atoms with Gasteiger partial charge in [0, 0.05) is 15.5 Å². The van der Waals surface area contributed by atoms with Gasteiger partial charge in [0.05, 0.1) is 4.90 Å². The summed E-state index contributed by atoms with van der Waals surface area (Å²) in [5, 5.41) is 0. The van der Waals surface area contributed by atoms with Crippen molar-refractivity contribution in [3.63, 3.8) is 0 Å². The molecule has 1 aliphatic carbocycles. The Hall–Kier alpha value is 0.0900. The lowest BCUT2D eigenvalue weighted by Crippen LogP contribution is -2.39. The zero-order chi connectivity index (χ0) is 13.4. The summed E-state index contributed by atoms with van der Waals surface area (Å²) in [6, 6.07) is 5.06. The van der Waals surface area contributed by atoms with Crippen LogP contribution >= 0.6 is 31.9 Å². The first kappa shape index (κ1) is 14.5. The molecule has 0 spiro atoms. The maximum atomic E-state index is 12.2. The molecular weight excluding hydrogens is 382 g/mol. The Kier molecular flexibility index (Phi) is 4.21. The van der Waals surface area contributed by atoms with Crippen LogP contribution < -0.4 is 4.72 Å². The summed E-state index contributed by atoms with van der Waals surface area (Å²) in [5.41, 5.74) is 0.134. The van der Waals surface area contributed by atoms with Crippen molar-refractivity contribution in [1.29, 1.82) is 0 Å². The van der Waals surface area contributed by atoms with Crippen LogP contribution in [0.25, 0.3) is 0 Å². The minimum atomic E-state index is -3.43. The van der Waals surface area contributed by atoms with Gasteiger partial charge in [-0.3, -0.25) is 0 Å². The average Bonchev–Trinajstić information content (AvgIpc) is 2.23. The second kappa shape index (κ2) is 5.23. The van der Waals surface area contributed by atoms with E-state index in [0.29, 0.717) is 11.0 Å². The van der Waals surface area contributed by atoms with E-state index in [0.717, 1.165) is 17.3 Å². The van der Waals surface area contributed by atoms with Crippen LogP contribution in [-0.4, -0.2) is 15.0 Å². The lowest BCUT2D eigenvalue weighted by atomic mass is 9.71. The predicted molar refractivity (Wildman–Crippen MR) is 79.0 cm³/mol. The highest BCUT2D eigenvalue weighted by Gasteiger charge is 2.33. The summed E-state index contributed by atoms with van der Waals surface area (Å²) < 4.78 is 28.5. The van der Waals surface area contributed by atoms with Gasteiger partial charge in [0.25, 0.3) is 0 Å². The normalized spacial score (nSPS) is 18.4. The number of rotatable bonds is 4. The molecule has 0 amide bonds.